The largest absolute Gasteiger partial charge is 0.480 e. The van der Waals surface area contributed by atoms with E-state index < -0.39 is 5.97 Å². The molecule has 0 aromatic carbocycles. The summed E-state index contributed by atoms with van der Waals surface area (Å²) in [5.41, 5.74) is 0. The van der Waals surface area contributed by atoms with Crippen LogP contribution >= 0.6 is 0 Å². The van der Waals surface area contributed by atoms with E-state index in [1.165, 1.54) is 0 Å². The van der Waals surface area contributed by atoms with Gasteiger partial charge in [-0.3, -0.25) is 9.69 Å². The molecule has 0 amide bonds. The third-order valence-corrected chi connectivity index (χ3v) is 2.85. The highest BCUT2D eigenvalue weighted by Gasteiger charge is 2.33. The van der Waals surface area contributed by atoms with Gasteiger partial charge in [-0.15, -0.1) is 0 Å². The molecule has 1 rings (SSSR count). The van der Waals surface area contributed by atoms with Gasteiger partial charge in [-0.25, -0.2) is 0 Å². The second-order valence-electron chi connectivity index (χ2n) is 3.75. The molecule has 0 aromatic rings. The van der Waals surface area contributed by atoms with Crippen LogP contribution in [0.2, 0.25) is 0 Å². The van der Waals surface area contributed by atoms with Crippen LogP contribution in [0.3, 0.4) is 0 Å². The minimum Gasteiger partial charge on any atom is -0.480 e. The van der Waals surface area contributed by atoms with Gasteiger partial charge in [0.25, 0.3) is 0 Å². The van der Waals surface area contributed by atoms with Crippen LogP contribution in [0.1, 0.15) is 26.2 Å². The molecule has 4 nitrogen and oxygen atoms in total. The predicted octanol–water partition coefficient (Wildman–Crippen LogP) is 0.960. The van der Waals surface area contributed by atoms with Crippen LogP contribution in [0, 0.1) is 0 Å². The van der Waals surface area contributed by atoms with Crippen molar-refractivity contribution >= 4 is 5.97 Å². The Bertz CT molecular complexity index is 196. The number of hydrogen-bond acceptors (Lipinski definition) is 3. The van der Waals surface area contributed by atoms with Crippen LogP contribution in [0.5, 0.6) is 0 Å². The molecule has 0 aliphatic carbocycles. The lowest BCUT2D eigenvalue weighted by molar-refractivity contribution is -0.144. The molecular formula is C10H19NO3. The molecule has 1 fully saturated rings. The molecule has 0 unspecified atom stereocenters. The van der Waals surface area contributed by atoms with Crippen LogP contribution in [0.15, 0.2) is 0 Å². The average Bonchev–Trinajstić information content (AvgIpc) is 2.55. The molecule has 0 saturated carbocycles. The number of aliphatic carboxylic acids is 1. The monoisotopic (exact) mass is 201 g/mol. The molecule has 1 saturated heterocycles. The first-order valence-corrected chi connectivity index (χ1v) is 5.18. The number of carbonyl (C=O) groups is 1. The van der Waals surface area contributed by atoms with Crippen LogP contribution < -0.4 is 0 Å². The van der Waals surface area contributed by atoms with E-state index >= 15 is 0 Å². The maximum atomic E-state index is 11.0. The number of ether oxygens (including phenoxy) is 1. The zero-order valence-electron chi connectivity index (χ0n) is 8.90. The van der Waals surface area contributed by atoms with Crippen molar-refractivity contribution in [3.8, 4) is 0 Å². The minimum absolute atomic E-state index is 0.293. The molecule has 2 atom stereocenters. The fourth-order valence-corrected chi connectivity index (χ4v) is 2.19. The fourth-order valence-electron chi connectivity index (χ4n) is 2.19. The number of rotatable bonds is 5. The minimum atomic E-state index is -0.712. The Morgan fingerprint density at radius 3 is 2.93 bits per heavy atom. The molecule has 1 N–H and O–H groups in total. The Labute approximate surface area is 84.8 Å². The summed E-state index contributed by atoms with van der Waals surface area (Å²) in [6.07, 6.45) is 2.80. The molecule has 14 heavy (non-hydrogen) atoms. The normalized spacial score (nSPS) is 25.1. The first-order chi connectivity index (χ1) is 6.70. The number of nitrogens with zero attached hydrogens (tertiary/aromatic N) is 1. The fraction of sp³-hybridized carbons (Fsp3) is 0.900. The van der Waals surface area contributed by atoms with Gasteiger partial charge in [0, 0.05) is 13.2 Å². The van der Waals surface area contributed by atoms with E-state index in [9.17, 15) is 4.79 Å². The lowest BCUT2D eigenvalue weighted by atomic mass is 10.1. The van der Waals surface area contributed by atoms with E-state index in [4.69, 9.17) is 9.84 Å². The SMILES string of the molecule is CC[C@@H](C(=O)O)N1CCC[C@H]1COC. The first-order valence-electron chi connectivity index (χ1n) is 5.18. The molecule has 1 aliphatic heterocycles. The van der Waals surface area contributed by atoms with Gasteiger partial charge in [0.2, 0.25) is 0 Å². The summed E-state index contributed by atoms with van der Waals surface area (Å²) in [5, 5.41) is 9.04. The Hall–Kier alpha value is -0.610. The standard InChI is InChI=1S/C10H19NO3/c1-3-9(10(12)13)11-6-4-5-8(11)7-14-2/h8-9H,3-7H2,1-2H3,(H,12,13)/t8-,9-/m0/s1. The van der Waals surface area contributed by atoms with Gasteiger partial charge < -0.3 is 9.84 Å². The Morgan fingerprint density at radius 1 is 1.71 bits per heavy atom. The van der Waals surface area contributed by atoms with Crippen LogP contribution in [-0.2, 0) is 9.53 Å². The predicted molar refractivity (Wildman–Crippen MR) is 53.3 cm³/mol. The molecule has 0 aromatic heterocycles. The lowest BCUT2D eigenvalue weighted by Crippen LogP contribution is -2.45. The molecule has 0 radical (unpaired) electrons. The van der Waals surface area contributed by atoms with Gasteiger partial charge in [0.15, 0.2) is 0 Å². The van der Waals surface area contributed by atoms with Gasteiger partial charge in [-0.2, -0.15) is 0 Å². The third kappa shape index (κ3) is 2.45. The van der Waals surface area contributed by atoms with E-state index in [2.05, 4.69) is 4.90 Å². The van der Waals surface area contributed by atoms with Crippen LogP contribution in [0.25, 0.3) is 0 Å². The summed E-state index contributed by atoms with van der Waals surface area (Å²) in [7, 11) is 1.66. The molecule has 0 spiro atoms. The maximum absolute atomic E-state index is 11.0. The molecule has 82 valence electrons. The molecular weight excluding hydrogens is 182 g/mol. The quantitative estimate of drug-likeness (QED) is 0.719. The summed E-state index contributed by atoms with van der Waals surface area (Å²) >= 11 is 0. The molecule has 4 heteroatoms. The third-order valence-electron chi connectivity index (χ3n) is 2.85. The lowest BCUT2D eigenvalue weighted by Gasteiger charge is -2.29. The second kappa shape index (κ2) is 5.32. The number of carboxylic acid groups (broad SMARTS) is 1. The zero-order valence-corrected chi connectivity index (χ0v) is 8.90. The van der Waals surface area contributed by atoms with Crippen molar-refractivity contribution in [2.45, 2.75) is 38.3 Å². The highest BCUT2D eigenvalue weighted by Crippen LogP contribution is 2.21. The van der Waals surface area contributed by atoms with Crippen molar-refractivity contribution in [2.24, 2.45) is 0 Å². The zero-order chi connectivity index (χ0) is 10.6. The molecule has 1 heterocycles. The van der Waals surface area contributed by atoms with Crippen molar-refractivity contribution < 1.29 is 14.6 Å². The van der Waals surface area contributed by atoms with Crippen molar-refractivity contribution in [1.29, 1.82) is 0 Å². The van der Waals surface area contributed by atoms with Gasteiger partial charge >= 0.3 is 5.97 Å². The van der Waals surface area contributed by atoms with Gasteiger partial charge in [0.05, 0.1) is 6.61 Å². The van der Waals surface area contributed by atoms with E-state index in [0.29, 0.717) is 19.1 Å². The van der Waals surface area contributed by atoms with Gasteiger partial charge in [0.1, 0.15) is 6.04 Å². The highest BCUT2D eigenvalue weighted by atomic mass is 16.5. The van der Waals surface area contributed by atoms with Crippen LogP contribution in [0.4, 0.5) is 0 Å². The smallest absolute Gasteiger partial charge is 0.320 e. The Morgan fingerprint density at radius 2 is 2.43 bits per heavy atom. The maximum Gasteiger partial charge on any atom is 0.320 e. The Kier molecular flexibility index (Phi) is 4.35. The molecule has 1 aliphatic rings. The topological polar surface area (TPSA) is 49.8 Å². The van der Waals surface area contributed by atoms with Crippen molar-refractivity contribution in [1.82, 2.24) is 4.90 Å². The number of likely N-dealkylation sites (tertiary alicyclic amines) is 1. The van der Waals surface area contributed by atoms with Gasteiger partial charge in [-0.05, 0) is 25.8 Å². The summed E-state index contributed by atoms with van der Waals surface area (Å²) in [6.45, 7) is 3.45. The van der Waals surface area contributed by atoms with Gasteiger partial charge in [-0.1, -0.05) is 6.92 Å². The van der Waals surface area contributed by atoms with E-state index in [1.54, 1.807) is 7.11 Å². The summed E-state index contributed by atoms with van der Waals surface area (Å²) in [4.78, 5) is 13.0. The van der Waals surface area contributed by atoms with Crippen molar-refractivity contribution in [3.63, 3.8) is 0 Å². The first kappa shape index (κ1) is 11.5. The van der Waals surface area contributed by atoms with Crippen LogP contribution in [-0.4, -0.2) is 48.3 Å². The van der Waals surface area contributed by atoms with E-state index in [0.717, 1.165) is 19.4 Å². The van der Waals surface area contributed by atoms with E-state index in [-0.39, 0.29) is 6.04 Å². The second-order valence-corrected chi connectivity index (χ2v) is 3.75. The Balaban J connectivity index is 2.59. The van der Waals surface area contributed by atoms with E-state index in [1.807, 2.05) is 6.92 Å². The van der Waals surface area contributed by atoms with Crippen molar-refractivity contribution in [2.75, 3.05) is 20.3 Å². The summed E-state index contributed by atoms with van der Waals surface area (Å²) < 4.78 is 5.10. The number of hydrogen-bond donors (Lipinski definition) is 1. The average molecular weight is 201 g/mol. The highest BCUT2D eigenvalue weighted by molar-refractivity contribution is 5.73. The number of carboxylic acids is 1. The summed E-state index contributed by atoms with van der Waals surface area (Å²) in [6, 6.07) is -0.0429. The summed E-state index contributed by atoms with van der Waals surface area (Å²) in [5.74, 6) is -0.712. The molecule has 0 bridgehead atoms. The number of methoxy groups -OCH3 is 1. The van der Waals surface area contributed by atoms with Crippen molar-refractivity contribution in [3.05, 3.63) is 0 Å².